The fourth-order valence-electron chi connectivity index (χ4n) is 3.83. The predicted molar refractivity (Wildman–Crippen MR) is 104 cm³/mol. The monoisotopic (exact) mass is 296 g/mol. The summed E-state index contributed by atoms with van der Waals surface area (Å²) in [5.74, 6) is 0. The molecule has 0 radical (unpaired) electrons. The van der Waals surface area contributed by atoms with Crippen LogP contribution < -0.4 is 0 Å². The average molecular weight is 296 g/mol. The lowest BCUT2D eigenvalue weighted by molar-refractivity contribution is 1.50. The highest BCUT2D eigenvalue weighted by Gasteiger charge is 2.13. The van der Waals surface area contributed by atoms with Crippen molar-refractivity contribution < 1.29 is 0 Å². The van der Waals surface area contributed by atoms with E-state index in [0.717, 1.165) is 0 Å². The summed E-state index contributed by atoms with van der Waals surface area (Å²) >= 11 is 0. The first-order valence-electron chi connectivity index (χ1n) is 8.39. The zero-order valence-electron chi connectivity index (χ0n) is 13.9. The molecule has 0 aliphatic rings. The third-order valence-electron chi connectivity index (χ3n) is 4.72. The van der Waals surface area contributed by atoms with Gasteiger partial charge in [-0.15, -0.1) is 0 Å². The molecule has 0 aliphatic carbocycles. The molecule has 0 atom stereocenters. The average Bonchev–Trinajstić information content (AvgIpc) is 2.62. The first-order chi connectivity index (χ1) is 11.3. The van der Waals surface area contributed by atoms with Crippen molar-refractivity contribution >= 4 is 43.1 Å². The van der Waals surface area contributed by atoms with Gasteiger partial charge in [-0.05, 0) is 55.6 Å². The van der Waals surface area contributed by atoms with Gasteiger partial charge in [0.15, 0.2) is 0 Å². The Labute approximate surface area is 136 Å². The Balaban J connectivity index is 0.000000652. The molecule has 0 heteroatoms. The van der Waals surface area contributed by atoms with Gasteiger partial charge in [-0.3, -0.25) is 0 Å². The Hall–Kier alpha value is -2.60. The van der Waals surface area contributed by atoms with E-state index in [-0.39, 0.29) is 0 Å². The molecule has 0 bridgehead atoms. The zero-order valence-corrected chi connectivity index (χ0v) is 13.9. The van der Waals surface area contributed by atoms with Crippen molar-refractivity contribution in [2.24, 2.45) is 0 Å². The number of rotatable bonds is 0. The molecule has 0 saturated carbocycles. The van der Waals surface area contributed by atoms with Gasteiger partial charge in [0.2, 0.25) is 0 Å². The van der Waals surface area contributed by atoms with Gasteiger partial charge in [0, 0.05) is 0 Å². The Morgan fingerprint density at radius 1 is 0.478 bits per heavy atom. The van der Waals surface area contributed by atoms with E-state index in [9.17, 15) is 0 Å². The van der Waals surface area contributed by atoms with Crippen LogP contribution in [0.3, 0.4) is 0 Å². The summed E-state index contributed by atoms with van der Waals surface area (Å²) in [6, 6.07) is 24.4. The van der Waals surface area contributed by atoms with Gasteiger partial charge in [0.25, 0.3) is 0 Å². The third kappa shape index (κ3) is 1.85. The molecule has 23 heavy (non-hydrogen) atoms. The van der Waals surface area contributed by atoms with Crippen molar-refractivity contribution in [1.29, 1.82) is 0 Å². The summed E-state index contributed by atoms with van der Waals surface area (Å²) < 4.78 is 0. The van der Waals surface area contributed by atoms with Crippen molar-refractivity contribution in [3.05, 3.63) is 72.3 Å². The van der Waals surface area contributed by atoms with Crippen molar-refractivity contribution in [2.45, 2.75) is 20.8 Å². The maximum Gasteiger partial charge on any atom is -0.00237 e. The normalized spacial score (nSPS) is 11.3. The molecule has 0 spiro atoms. The number of aryl methyl sites for hydroxylation is 1. The summed E-state index contributed by atoms with van der Waals surface area (Å²) in [7, 11) is 0. The van der Waals surface area contributed by atoms with E-state index in [2.05, 4.69) is 73.7 Å². The van der Waals surface area contributed by atoms with Crippen LogP contribution in [0.25, 0.3) is 43.1 Å². The molecule has 0 aliphatic heterocycles. The van der Waals surface area contributed by atoms with Gasteiger partial charge in [-0.1, -0.05) is 80.6 Å². The van der Waals surface area contributed by atoms with Crippen LogP contribution in [0.5, 0.6) is 0 Å². The summed E-state index contributed by atoms with van der Waals surface area (Å²) in [5.41, 5.74) is 1.36. The molecule has 5 aromatic carbocycles. The maximum atomic E-state index is 2.27. The molecular weight excluding hydrogens is 276 g/mol. The largest absolute Gasteiger partial charge is 0.0683 e. The van der Waals surface area contributed by atoms with Gasteiger partial charge in [0.05, 0.1) is 0 Å². The van der Waals surface area contributed by atoms with Crippen LogP contribution in [-0.4, -0.2) is 0 Å². The number of benzene rings is 5. The standard InChI is InChI=1S/C21H14.C2H6/c1-13-11-12-15-7-3-9-17-16-8-2-5-14-6-4-10-18(20(14)16)19(13)21(15)17;1-2/h2-12H,1H3;1-2H3. The fraction of sp³-hybridized carbons (Fsp3) is 0.130. The second kappa shape index (κ2) is 5.24. The molecule has 5 aromatic rings. The minimum Gasteiger partial charge on any atom is -0.0683 e. The smallest absolute Gasteiger partial charge is 0.00237 e. The minimum absolute atomic E-state index is 1.33. The molecule has 0 aromatic heterocycles. The Morgan fingerprint density at radius 3 is 1.65 bits per heavy atom. The molecule has 0 saturated heterocycles. The van der Waals surface area contributed by atoms with Crippen LogP contribution in [-0.2, 0) is 0 Å². The van der Waals surface area contributed by atoms with Gasteiger partial charge in [0.1, 0.15) is 0 Å². The van der Waals surface area contributed by atoms with E-state index >= 15 is 0 Å². The molecule has 0 amide bonds. The molecule has 0 unspecified atom stereocenters. The number of hydrogen-bond acceptors (Lipinski definition) is 0. The van der Waals surface area contributed by atoms with E-state index in [1.165, 1.54) is 48.7 Å². The lowest BCUT2D eigenvalue weighted by atomic mass is 9.88. The van der Waals surface area contributed by atoms with E-state index in [0.29, 0.717) is 0 Å². The first kappa shape index (κ1) is 14.0. The lowest BCUT2D eigenvalue weighted by Crippen LogP contribution is -1.88. The van der Waals surface area contributed by atoms with E-state index < -0.39 is 0 Å². The second-order valence-corrected chi connectivity index (χ2v) is 5.87. The van der Waals surface area contributed by atoms with Crippen molar-refractivity contribution in [2.75, 3.05) is 0 Å². The molecule has 0 heterocycles. The van der Waals surface area contributed by atoms with Crippen molar-refractivity contribution in [3.8, 4) is 0 Å². The molecule has 0 N–H and O–H groups in total. The summed E-state index contributed by atoms with van der Waals surface area (Å²) in [4.78, 5) is 0. The third-order valence-corrected chi connectivity index (χ3v) is 4.72. The minimum atomic E-state index is 1.33. The summed E-state index contributed by atoms with van der Waals surface area (Å²) in [6.45, 7) is 6.22. The molecular formula is C23H20. The molecule has 112 valence electrons. The highest BCUT2D eigenvalue weighted by atomic mass is 14.2. The van der Waals surface area contributed by atoms with Crippen LogP contribution in [0.4, 0.5) is 0 Å². The van der Waals surface area contributed by atoms with Crippen LogP contribution in [0.15, 0.2) is 66.7 Å². The quantitative estimate of drug-likeness (QED) is 0.212. The maximum absolute atomic E-state index is 2.27. The van der Waals surface area contributed by atoms with Gasteiger partial charge < -0.3 is 0 Å². The highest BCUT2D eigenvalue weighted by molar-refractivity contribution is 6.33. The molecule has 0 fully saturated rings. The van der Waals surface area contributed by atoms with E-state index in [1.807, 2.05) is 13.8 Å². The van der Waals surface area contributed by atoms with Crippen LogP contribution in [0, 0.1) is 6.92 Å². The topological polar surface area (TPSA) is 0 Å². The number of fused-ring (bicyclic) bond motifs is 2. The molecule has 5 rings (SSSR count). The highest BCUT2D eigenvalue weighted by Crippen LogP contribution is 2.41. The van der Waals surface area contributed by atoms with Gasteiger partial charge in [-0.25, -0.2) is 0 Å². The SMILES string of the molecule is CC.Cc1ccc2cccc3c4cccc5cccc(c1c23)c54. The number of hydrogen-bond donors (Lipinski definition) is 0. The zero-order chi connectivity index (χ0) is 16.0. The lowest BCUT2D eigenvalue weighted by Gasteiger charge is -2.15. The summed E-state index contributed by atoms with van der Waals surface area (Å²) in [6.07, 6.45) is 0. The molecule has 0 nitrogen and oxygen atoms in total. The summed E-state index contributed by atoms with van der Waals surface area (Å²) in [5, 5.41) is 11.0. The fourth-order valence-corrected chi connectivity index (χ4v) is 3.83. The Morgan fingerprint density at radius 2 is 1.00 bits per heavy atom. The second-order valence-electron chi connectivity index (χ2n) is 5.87. The van der Waals surface area contributed by atoms with Crippen molar-refractivity contribution in [1.82, 2.24) is 0 Å². The Bertz CT molecular complexity index is 1130. The predicted octanol–water partition coefficient (Wildman–Crippen LogP) is 7.07. The first-order valence-corrected chi connectivity index (χ1v) is 8.39. The van der Waals surface area contributed by atoms with E-state index in [4.69, 9.17) is 0 Å². The van der Waals surface area contributed by atoms with E-state index in [1.54, 1.807) is 0 Å². The van der Waals surface area contributed by atoms with Gasteiger partial charge in [-0.2, -0.15) is 0 Å². The van der Waals surface area contributed by atoms with Crippen LogP contribution in [0.1, 0.15) is 19.4 Å². The Kier molecular flexibility index (Phi) is 3.20. The van der Waals surface area contributed by atoms with Crippen molar-refractivity contribution in [3.63, 3.8) is 0 Å². The van der Waals surface area contributed by atoms with Gasteiger partial charge >= 0.3 is 0 Å². The van der Waals surface area contributed by atoms with Crippen LogP contribution >= 0.6 is 0 Å². The van der Waals surface area contributed by atoms with Crippen LogP contribution in [0.2, 0.25) is 0 Å².